The van der Waals surface area contributed by atoms with Crippen molar-refractivity contribution in [3.05, 3.63) is 47.2 Å². The third-order valence-corrected chi connectivity index (χ3v) is 7.24. The van der Waals surface area contributed by atoms with Crippen LogP contribution in [0, 0.1) is 17.2 Å². The van der Waals surface area contributed by atoms with Gasteiger partial charge in [-0.05, 0) is 31.7 Å². The Morgan fingerprint density at radius 3 is 2.65 bits per heavy atom. The fourth-order valence-electron chi connectivity index (χ4n) is 3.69. The smallest absolute Gasteiger partial charge is 0.0808 e. The van der Waals surface area contributed by atoms with Gasteiger partial charge in [0.2, 0.25) is 0 Å². The largest absolute Gasteiger partial charge is 0.369 e. The third-order valence-electron chi connectivity index (χ3n) is 4.69. The molecule has 23 heavy (non-hydrogen) atoms. The van der Waals surface area contributed by atoms with Crippen LogP contribution in [0.4, 0.5) is 0 Å². The zero-order valence-corrected chi connectivity index (χ0v) is 15.9. The maximum atomic E-state index is 8.92. The molecule has 0 N–H and O–H groups in total. The molecule has 0 aliphatic carbocycles. The highest BCUT2D eigenvalue weighted by atomic mass is 28.3. The number of ether oxygens (including phenoxy) is 1. The van der Waals surface area contributed by atoms with E-state index in [2.05, 4.69) is 69.0 Å². The fraction of sp³-hybridized carbons (Fsp3) is 0.550. The molecule has 0 unspecified atom stereocenters. The van der Waals surface area contributed by atoms with Crippen LogP contribution in [0.2, 0.25) is 13.1 Å². The second-order valence-corrected chi connectivity index (χ2v) is 12.3. The van der Waals surface area contributed by atoms with E-state index in [4.69, 9.17) is 10.00 Å². The number of hydrogen-bond donors (Lipinski definition) is 0. The lowest BCUT2D eigenvalue weighted by Gasteiger charge is -2.35. The van der Waals surface area contributed by atoms with Crippen molar-refractivity contribution in [1.82, 2.24) is 0 Å². The third kappa shape index (κ3) is 5.33. The summed E-state index contributed by atoms with van der Waals surface area (Å²) >= 11 is 0. The molecule has 124 valence electrons. The Kier molecular flexibility index (Phi) is 6.21. The Hall–Kier alpha value is -1.37. The molecule has 2 rings (SSSR count). The summed E-state index contributed by atoms with van der Waals surface area (Å²) in [5, 5.41) is 8.92. The molecule has 0 aromatic heterocycles. The summed E-state index contributed by atoms with van der Waals surface area (Å²) in [5.74, 6) is 0.544. The van der Waals surface area contributed by atoms with Crippen molar-refractivity contribution < 1.29 is 4.74 Å². The van der Waals surface area contributed by atoms with E-state index in [1.54, 1.807) is 0 Å². The van der Waals surface area contributed by atoms with Crippen LogP contribution in [-0.4, -0.2) is 20.3 Å². The normalized spacial score (nSPS) is 25.9. The molecular weight excluding hydrogens is 298 g/mol. The fourth-order valence-corrected chi connectivity index (χ4v) is 6.48. The summed E-state index contributed by atoms with van der Waals surface area (Å²) in [6, 6.07) is 14.2. The number of nitrogens with zero attached hydrogens (tertiary/aromatic N) is 1. The average Bonchev–Trinajstić information content (AvgIpc) is 2.49. The minimum Gasteiger partial charge on any atom is -0.369 e. The number of rotatable bonds is 5. The van der Waals surface area contributed by atoms with Crippen molar-refractivity contribution in [3.8, 4) is 6.07 Å². The Balaban J connectivity index is 2.08. The SMILES string of the molecule is C/C(=C\[Si](C)(C)Cc1ccccc1)[C@H]1O[C@@H](CC#N)CC[C@@H]1C. The van der Waals surface area contributed by atoms with Gasteiger partial charge in [0.1, 0.15) is 0 Å². The van der Waals surface area contributed by atoms with Gasteiger partial charge in [-0.2, -0.15) is 5.26 Å². The molecule has 1 aromatic rings. The van der Waals surface area contributed by atoms with E-state index in [0.717, 1.165) is 18.9 Å². The highest BCUT2D eigenvalue weighted by Crippen LogP contribution is 2.31. The van der Waals surface area contributed by atoms with Crippen LogP contribution < -0.4 is 0 Å². The van der Waals surface area contributed by atoms with Crippen LogP contribution in [0.1, 0.15) is 38.7 Å². The second kappa shape index (κ2) is 7.94. The maximum absolute atomic E-state index is 8.92. The van der Waals surface area contributed by atoms with E-state index in [0.29, 0.717) is 12.3 Å². The lowest BCUT2D eigenvalue weighted by Crippen LogP contribution is -2.36. The highest BCUT2D eigenvalue weighted by molar-refractivity contribution is 6.81. The van der Waals surface area contributed by atoms with Gasteiger partial charge in [0.25, 0.3) is 0 Å². The Bertz CT molecular complexity index is 573. The summed E-state index contributed by atoms with van der Waals surface area (Å²) in [5.41, 5.74) is 5.30. The van der Waals surface area contributed by atoms with Crippen LogP contribution in [0.15, 0.2) is 41.6 Å². The average molecular weight is 328 g/mol. The Labute approximate surface area is 142 Å². The first-order chi connectivity index (χ1) is 10.9. The summed E-state index contributed by atoms with van der Waals surface area (Å²) in [6.07, 6.45) is 2.99. The first kappa shape index (κ1) is 18.0. The van der Waals surface area contributed by atoms with Gasteiger partial charge in [0, 0.05) is 0 Å². The van der Waals surface area contributed by atoms with Crippen molar-refractivity contribution in [2.24, 2.45) is 5.92 Å². The predicted octanol–water partition coefficient (Wildman–Crippen LogP) is 5.06. The van der Waals surface area contributed by atoms with Crippen LogP contribution >= 0.6 is 0 Å². The molecule has 1 fully saturated rings. The van der Waals surface area contributed by atoms with Crippen molar-refractivity contribution in [3.63, 3.8) is 0 Å². The maximum Gasteiger partial charge on any atom is 0.0808 e. The van der Waals surface area contributed by atoms with Gasteiger partial charge in [-0.15, -0.1) is 0 Å². The first-order valence-corrected chi connectivity index (χ1v) is 12.0. The topological polar surface area (TPSA) is 33.0 Å². The zero-order valence-electron chi connectivity index (χ0n) is 14.9. The predicted molar refractivity (Wildman–Crippen MR) is 98.7 cm³/mol. The van der Waals surface area contributed by atoms with E-state index in [1.165, 1.54) is 11.1 Å². The van der Waals surface area contributed by atoms with Gasteiger partial charge < -0.3 is 4.74 Å². The molecule has 3 atom stereocenters. The molecule has 3 heteroatoms. The molecule has 0 amide bonds. The monoisotopic (exact) mass is 327 g/mol. The molecule has 1 aliphatic heterocycles. The van der Waals surface area contributed by atoms with Gasteiger partial charge in [-0.1, -0.05) is 67.2 Å². The molecule has 1 aromatic carbocycles. The van der Waals surface area contributed by atoms with Crippen LogP contribution in [0.5, 0.6) is 0 Å². The molecule has 2 nitrogen and oxygen atoms in total. The van der Waals surface area contributed by atoms with Crippen LogP contribution in [0.3, 0.4) is 0 Å². The summed E-state index contributed by atoms with van der Waals surface area (Å²) in [4.78, 5) is 0. The number of nitriles is 1. The molecule has 1 heterocycles. The standard InChI is InChI=1S/C20H29NOSi/c1-16-10-11-19(12-13-21)22-20(16)17(2)14-23(3,4)15-18-8-6-5-7-9-18/h5-9,14,16,19-20H,10-12,15H2,1-4H3/b17-14+/t16-,19+,20-/m0/s1. The van der Waals surface area contributed by atoms with Crippen LogP contribution in [-0.2, 0) is 10.8 Å². The quantitative estimate of drug-likeness (QED) is 0.708. The van der Waals surface area contributed by atoms with E-state index in [-0.39, 0.29) is 12.2 Å². The molecule has 1 aliphatic rings. The lowest BCUT2D eigenvalue weighted by molar-refractivity contribution is -0.0565. The van der Waals surface area contributed by atoms with Crippen molar-refractivity contribution in [2.75, 3.05) is 0 Å². The Morgan fingerprint density at radius 2 is 2.00 bits per heavy atom. The van der Waals surface area contributed by atoms with Gasteiger partial charge in [0.15, 0.2) is 0 Å². The van der Waals surface area contributed by atoms with Crippen LogP contribution in [0.25, 0.3) is 0 Å². The van der Waals surface area contributed by atoms with Gasteiger partial charge in [-0.3, -0.25) is 0 Å². The van der Waals surface area contributed by atoms with Crippen molar-refractivity contribution in [2.45, 2.75) is 64.5 Å². The summed E-state index contributed by atoms with van der Waals surface area (Å²) < 4.78 is 6.23. The van der Waals surface area contributed by atoms with E-state index in [9.17, 15) is 0 Å². The lowest BCUT2D eigenvalue weighted by atomic mass is 9.89. The molecular formula is C20H29NOSi. The van der Waals surface area contributed by atoms with E-state index in [1.807, 2.05) is 0 Å². The van der Waals surface area contributed by atoms with Gasteiger partial charge in [-0.25, -0.2) is 0 Å². The number of benzene rings is 1. The molecule has 0 saturated carbocycles. The molecule has 0 spiro atoms. The van der Waals surface area contributed by atoms with Crippen molar-refractivity contribution in [1.29, 1.82) is 5.26 Å². The Morgan fingerprint density at radius 1 is 1.30 bits per heavy atom. The second-order valence-electron chi connectivity index (χ2n) is 7.63. The van der Waals surface area contributed by atoms with E-state index < -0.39 is 8.07 Å². The van der Waals surface area contributed by atoms with Gasteiger partial charge in [0.05, 0.1) is 32.8 Å². The summed E-state index contributed by atoms with van der Waals surface area (Å²) in [7, 11) is -1.47. The molecule has 0 bridgehead atoms. The van der Waals surface area contributed by atoms with Crippen molar-refractivity contribution >= 4 is 8.07 Å². The minimum atomic E-state index is -1.47. The zero-order chi connectivity index (χ0) is 16.9. The number of hydrogen-bond acceptors (Lipinski definition) is 2. The van der Waals surface area contributed by atoms with E-state index >= 15 is 0 Å². The minimum absolute atomic E-state index is 0.114. The molecule has 0 radical (unpaired) electrons. The highest BCUT2D eigenvalue weighted by Gasteiger charge is 2.30. The summed E-state index contributed by atoms with van der Waals surface area (Å²) in [6.45, 7) is 9.33. The first-order valence-electron chi connectivity index (χ1n) is 8.67. The van der Waals surface area contributed by atoms with Gasteiger partial charge >= 0.3 is 0 Å². The molecule has 1 saturated heterocycles.